The molecule has 7 nitrogen and oxygen atoms in total. The van der Waals surface area contributed by atoms with Crippen LogP contribution >= 0.6 is 11.6 Å². The average molecular weight is 379 g/mol. The molecular formula is C18H19ClN2O5. The standard InChI is InChI=1S/C18H19ClN2O5/c1-8-14(10(3)22)9(2)20-15(8)17(23)21-16(18(24)25)11-5-6-13(26-4)12(19)7-11/h5-7,16,20H,1-4H3,(H,21,23)(H,24,25). The molecule has 3 N–H and O–H groups in total. The highest BCUT2D eigenvalue weighted by Crippen LogP contribution is 2.28. The van der Waals surface area contributed by atoms with Gasteiger partial charge < -0.3 is 20.1 Å². The summed E-state index contributed by atoms with van der Waals surface area (Å²) >= 11 is 6.04. The number of ether oxygens (including phenoxy) is 1. The number of aromatic amines is 1. The Labute approximate surface area is 155 Å². The fourth-order valence-corrected chi connectivity index (χ4v) is 3.12. The Kier molecular flexibility index (Phi) is 5.72. The molecule has 0 aliphatic heterocycles. The Morgan fingerprint density at radius 2 is 1.92 bits per heavy atom. The van der Waals surface area contributed by atoms with Crippen molar-refractivity contribution in [2.24, 2.45) is 0 Å². The smallest absolute Gasteiger partial charge is 0.330 e. The summed E-state index contributed by atoms with van der Waals surface area (Å²) in [5.74, 6) is -1.65. The van der Waals surface area contributed by atoms with E-state index in [4.69, 9.17) is 16.3 Å². The van der Waals surface area contributed by atoms with E-state index in [-0.39, 0.29) is 16.5 Å². The lowest BCUT2D eigenvalue weighted by Gasteiger charge is -2.16. The number of aromatic nitrogens is 1. The summed E-state index contributed by atoms with van der Waals surface area (Å²) in [6.45, 7) is 4.72. The molecule has 1 amide bonds. The van der Waals surface area contributed by atoms with Gasteiger partial charge in [-0.3, -0.25) is 9.59 Å². The topological polar surface area (TPSA) is 108 Å². The number of carbonyl (C=O) groups is 3. The number of hydrogen-bond acceptors (Lipinski definition) is 4. The predicted octanol–water partition coefficient (Wildman–Crippen LogP) is 3.05. The lowest BCUT2D eigenvalue weighted by atomic mass is 10.0. The van der Waals surface area contributed by atoms with E-state index < -0.39 is 17.9 Å². The van der Waals surface area contributed by atoms with Crippen LogP contribution in [0.3, 0.4) is 0 Å². The van der Waals surface area contributed by atoms with E-state index in [1.54, 1.807) is 13.8 Å². The lowest BCUT2D eigenvalue weighted by molar-refractivity contribution is -0.139. The molecule has 1 aromatic carbocycles. The minimum Gasteiger partial charge on any atom is -0.495 e. The maximum atomic E-state index is 12.6. The van der Waals surface area contributed by atoms with Gasteiger partial charge in [-0.25, -0.2) is 4.79 Å². The summed E-state index contributed by atoms with van der Waals surface area (Å²) in [6, 6.07) is 3.15. The number of amides is 1. The highest BCUT2D eigenvalue weighted by atomic mass is 35.5. The second-order valence-corrected chi connectivity index (χ2v) is 6.23. The van der Waals surface area contributed by atoms with E-state index in [1.807, 2.05) is 0 Å². The molecule has 0 bridgehead atoms. The van der Waals surface area contributed by atoms with Crippen molar-refractivity contribution in [3.63, 3.8) is 0 Å². The first-order valence-electron chi connectivity index (χ1n) is 7.74. The first-order valence-corrected chi connectivity index (χ1v) is 8.12. The molecule has 0 saturated heterocycles. The van der Waals surface area contributed by atoms with Crippen LogP contribution in [0, 0.1) is 13.8 Å². The number of halogens is 1. The van der Waals surface area contributed by atoms with Crippen LogP contribution in [0.1, 0.15) is 50.6 Å². The number of Topliss-reactive ketones (excluding diaryl/α,β-unsaturated/α-hetero) is 1. The number of aliphatic carboxylic acids is 1. The van der Waals surface area contributed by atoms with Gasteiger partial charge in [0.05, 0.1) is 12.1 Å². The van der Waals surface area contributed by atoms with Gasteiger partial charge in [0.1, 0.15) is 11.4 Å². The number of carboxylic acids is 1. The van der Waals surface area contributed by atoms with Crippen molar-refractivity contribution in [3.8, 4) is 5.75 Å². The number of methoxy groups -OCH3 is 1. The monoisotopic (exact) mass is 378 g/mol. The molecule has 0 aliphatic carbocycles. The highest BCUT2D eigenvalue weighted by Gasteiger charge is 2.26. The third-order valence-electron chi connectivity index (χ3n) is 4.05. The van der Waals surface area contributed by atoms with Crippen LogP contribution in [0.25, 0.3) is 0 Å². The number of carboxylic acid groups (broad SMARTS) is 1. The maximum Gasteiger partial charge on any atom is 0.330 e. The van der Waals surface area contributed by atoms with Gasteiger partial charge in [-0.2, -0.15) is 0 Å². The molecular weight excluding hydrogens is 360 g/mol. The normalized spacial score (nSPS) is 11.7. The zero-order valence-electron chi connectivity index (χ0n) is 14.8. The largest absolute Gasteiger partial charge is 0.495 e. The van der Waals surface area contributed by atoms with E-state index in [0.29, 0.717) is 28.1 Å². The van der Waals surface area contributed by atoms with E-state index >= 15 is 0 Å². The molecule has 26 heavy (non-hydrogen) atoms. The Morgan fingerprint density at radius 3 is 2.38 bits per heavy atom. The molecule has 0 aliphatic rings. The van der Waals surface area contributed by atoms with E-state index in [9.17, 15) is 19.5 Å². The molecule has 8 heteroatoms. The van der Waals surface area contributed by atoms with Gasteiger partial charge in [0.25, 0.3) is 5.91 Å². The van der Waals surface area contributed by atoms with Crippen molar-refractivity contribution >= 4 is 29.3 Å². The van der Waals surface area contributed by atoms with Gasteiger partial charge in [-0.05, 0) is 44.0 Å². The summed E-state index contributed by atoms with van der Waals surface area (Å²) in [4.78, 5) is 38.8. The second-order valence-electron chi connectivity index (χ2n) is 5.82. The van der Waals surface area contributed by atoms with Crippen LogP contribution in [0.5, 0.6) is 5.75 Å². The van der Waals surface area contributed by atoms with Gasteiger partial charge in [-0.1, -0.05) is 17.7 Å². The van der Waals surface area contributed by atoms with Crippen LogP contribution in [-0.2, 0) is 4.79 Å². The van der Waals surface area contributed by atoms with Crippen LogP contribution in [0.2, 0.25) is 5.02 Å². The number of aryl methyl sites for hydroxylation is 1. The third-order valence-corrected chi connectivity index (χ3v) is 4.34. The van der Waals surface area contributed by atoms with Crippen molar-refractivity contribution in [3.05, 3.63) is 51.3 Å². The SMILES string of the molecule is COc1ccc(C(NC(=O)c2[nH]c(C)c(C(C)=O)c2C)C(=O)O)cc1Cl. The van der Waals surface area contributed by atoms with Crippen molar-refractivity contribution in [1.82, 2.24) is 10.3 Å². The van der Waals surface area contributed by atoms with Gasteiger partial charge >= 0.3 is 5.97 Å². The van der Waals surface area contributed by atoms with E-state index in [1.165, 1.54) is 32.2 Å². The number of H-pyrrole nitrogens is 1. The summed E-state index contributed by atoms with van der Waals surface area (Å²) in [5, 5.41) is 12.2. The molecule has 2 aromatic rings. The average Bonchev–Trinajstić information content (AvgIpc) is 2.86. The van der Waals surface area contributed by atoms with Crippen LogP contribution < -0.4 is 10.1 Å². The Hall–Kier alpha value is -2.80. The third kappa shape index (κ3) is 3.72. The predicted molar refractivity (Wildman–Crippen MR) is 96.1 cm³/mol. The van der Waals surface area contributed by atoms with Gasteiger partial charge in [-0.15, -0.1) is 0 Å². The molecule has 0 radical (unpaired) electrons. The summed E-state index contributed by atoms with van der Waals surface area (Å²) in [7, 11) is 1.44. The minimum absolute atomic E-state index is 0.151. The van der Waals surface area contributed by atoms with Crippen molar-refractivity contribution in [1.29, 1.82) is 0 Å². The Balaban J connectivity index is 2.35. The molecule has 2 rings (SSSR count). The second kappa shape index (κ2) is 7.61. The summed E-state index contributed by atoms with van der Waals surface area (Å²) in [6.07, 6.45) is 0. The number of hydrogen-bond donors (Lipinski definition) is 3. The number of carbonyl (C=O) groups excluding carboxylic acids is 2. The van der Waals surface area contributed by atoms with Crippen LogP contribution in [-0.4, -0.2) is 34.9 Å². The highest BCUT2D eigenvalue weighted by molar-refractivity contribution is 6.32. The summed E-state index contributed by atoms with van der Waals surface area (Å²) in [5.41, 5.74) is 1.90. The first-order chi connectivity index (χ1) is 12.2. The fourth-order valence-electron chi connectivity index (χ4n) is 2.86. The number of benzene rings is 1. The van der Waals surface area contributed by atoms with Gasteiger partial charge in [0, 0.05) is 11.3 Å². The minimum atomic E-state index is -1.31. The molecule has 1 atom stereocenters. The quantitative estimate of drug-likeness (QED) is 0.669. The van der Waals surface area contributed by atoms with E-state index in [2.05, 4.69) is 10.3 Å². The molecule has 0 fully saturated rings. The first kappa shape index (κ1) is 19.5. The fraction of sp³-hybridized carbons (Fsp3) is 0.278. The van der Waals surface area contributed by atoms with Crippen molar-refractivity contribution in [2.75, 3.05) is 7.11 Å². The Bertz CT molecular complexity index is 888. The van der Waals surface area contributed by atoms with Crippen LogP contribution in [0.15, 0.2) is 18.2 Å². The molecule has 1 unspecified atom stereocenters. The number of ketones is 1. The molecule has 0 spiro atoms. The lowest BCUT2D eigenvalue weighted by Crippen LogP contribution is -2.34. The van der Waals surface area contributed by atoms with Crippen LogP contribution in [0.4, 0.5) is 0 Å². The summed E-state index contributed by atoms with van der Waals surface area (Å²) < 4.78 is 5.04. The number of nitrogens with one attached hydrogen (secondary N) is 2. The maximum absolute atomic E-state index is 12.6. The molecule has 1 aromatic heterocycles. The Morgan fingerprint density at radius 1 is 1.27 bits per heavy atom. The van der Waals surface area contributed by atoms with Gasteiger partial charge in [0.15, 0.2) is 11.8 Å². The zero-order chi connectivity index (χ0) is 19.6. The van der Waals surface area contributed by atoms with Gasteiger partial charge in [0.2, 0.25) is 0 Å². The molecule has 138 valence electrons. The van der Waals surface area contributed by atoms with Crippen molar-refractivity contribution in [2.45, 2.75) is 26.8 Å². The number of rotatable bonds is 6. The van der Waals surface area contributed by atoms with Crippen molar-refractivity contribution < 1.29 is 24.2 Å². The molecule has 0 saturated carbocycles. The molecule has 1 heterocycles. The van der Waals surface area contributed by atoms with E-state index in [0.717, 1.165) is 0 Å². The zero-order valence-corrected chi connectivity index (χ0v) is 15.5.